The smallest absolute Gasteiger partial charge is 0.321 e. The van der Waals surface area contributed by atoms with Crippen LogP contribution in [0.1, 0.15) is 24.1 Å². The largest absolute Gasteiger partial charge is 0.331 e. The summed E-state index contributed by atoms with van der Waals surface area (Å²) in [6.07, 6.45) is 0. The molecule has 5 heteroatoms. The Hall–Kier alpha value is -2.40. The van der Waals surface area contributed by atoms with Gasteiger partial charge in [-0.25, -0.2) is 9.78 Å². The van der Waals surface area contributed by atoms with E-state index in [2.05, 4.69) is 15.6 Å². The van der Waals surface area contributed by atoms with Crippen LogP contribution in [0.5, 0.6) is 0 Å². The van der Waals surface area contributed by atoms with Crippen LogP contribution in [0.2, 0.25) is 0 Å². The minimum Gasteiger partial charge on any atom is -0.331 e. The van der Waals surface area contributed by atoms with Crippen molar-refractivity contribution < 1.29 is 4.79 Å². The van der Waals surface area contributed by atoms with Crippen molar-refractivity contribution in [2.24, 2.45) is 0 Å². The van der Waals surface area contributed by atoms with Crippen LogP contribution in [0.4, 0.5) is 9.93 Å². The number of anilines is 1. The lowest BCUT2D eigenvalue weighted by molar-refractivity contribution is 0.249. The average Bonchev–Trinajstić information content (AvgIpc) is 2.89. The normalized spacial score (nSPS) is 12.1. The second kappa shape index (κ2) is 6.15. The number of carbonyl (C=O) groups is 1. The molecule has 1 aromatic heterocycles. The minimum absolute atomic E-state index is 0.0596. The Bertz CT molecular complexity index is 779. The average molecular weight is 311 g/mol. The Kier molecular flexibility index (Phi) is 4.06. The minimum atomic E-state index is -0.241. The molecule has 3 rings (SSSR count). The van der Waals surface area contributed by atoms with Crippen LogP contribution in [0, 0.1) is 6.92 Å². The number of fused-ring (bicyclic) bond motifs is 1. The fraction of sp³-hybridized carbons (Fsp3) is 0.176. The van der Waals surface area contributed by atoms with Crippen LogP contribution in [-0.4, -0.2) is 11.0 Å². The van der Waals surface area contributed by atoms with E-state index < -0.39 is 0 Å². The zero-order chi connectivity index (χ0) is 15.5. The summed E-state index contributed by atoms with van der Waals surface area (Å²) < 4.78 is 1.06. The number of para-hydroxylation sites is 1. The van der Waals surface area contributed by atoms with Crippen molar-refractivity contribution in [3.05, 3.63) is 59.7 Å². The second-order valence-corrected chi connectivity index (χ2v) is 6.19. The first-order valence-electron chi connectivity index (χ1n) is 7.12. The van der Waals surface area contributed by atoms with Crippen LogP contribution in [-0.2, 0) is 0 Å². The van der Waals surface area contributed by atoms with Gasteiger partial charge in [0.05, 0.1) is 16.3 Å². The Morgan fingerprint density at radius 1 is 1.14 bits per heavy atom. The molecule has 1 atom stereocenters. The van der Waals surface area contributed by atoms with Gasteiger partial charge in [-0.2, -0.15) is 0 Å². The molecule has 0 radical (unpaired) electrons. The molecular weight excluding hydrogens is 294 g/mol. The predicted octanol–water partition coefficient (Wildman–Crippen LogP) is 4.49. The predicted molar refractivity (Wildman–Crippen MR) is 91.4 cm³/mol. The van der Waals surface area contributed by atoms with Crippen molar-refractivity contribution in [1.29, 1.82) is 0 Å². The number of hydrogen-bond acceptors (Lipinski definition) is 3. The number of rotatable bonds is 3. The molecular formula is C17H17N3OS. The summed E-state index contributed by atoms with van der Waals surface area (Å²) in [4.78, 5) is 16.5. The van der Waals surface area contributed by atoms with Gasteiger partial charge in [-0.1, -0.05) is 47.7 Å². The van der Waals surface area contributed by atoms with Gasteiger partial charge in [-0.3, -0.25) is 5.32 Å². The SMILES string of the molecule is Cc1ccccc1C(C)NC(=O)Nc1nc2ccccc2s1. The van der Waals surface area contributed by atoms with E-state index in [-0.39, 0.29) is 12.1 Å². The molecule has 0 aliphatic heterocycles. The number of amides is 2. The molecule has 1 unspecified atom stereocenters. The molecule has 0 aliphatic carbocycles. The van der Waals surface area contributed by atoms with Gasteiger partial charge in [0.2, 0.25) is 0 Å². The third-order valence-electron chi connectivity index (χ3n) is 3.52. The van der Waals surface area contributed by atoms with Crippen LogP contribution in [0.25, 0.3) is 10.2 Å². The maximum Gasteiger partial charge on any atom is 0.321 e. The first-order valence-corrected chi connectivity index (χ1v) is 7.94. The number of carbonyl (C=O) groups excluding carboxylic acids is 1. The molecule has 2 aromatic carbocycles. The van der Waals surface area contributed by atoms with Crippen molar-refractivity contribution in [1.82, 2.24) is 10.3 Å². The number of nitrogens with zero attached hydrogens (tertiary/aromatic N) is 1. The third kappa shape index (κ3) is 3.09. The third-order valence-corrected chi connectivity index (χ3v) is 4.47. The number of aromatic nitrogens is 1. The quantitative estimate of drug-likeness (QED) is 0.749. The van der Waals surface area contributed by atoms with Crippen LogP contribution < -0.4 is 10.6 Å². The molecule has 0 saturated carbocycles. The molecule has 0 spiro atoms. The molecule has 112 valence electrons. The second-order valence-electron chi connectivity index (χ2n) is 5.16. The summed E-state index contributed by atoms with van der Waals surface area (Å²) in [6.45, 7) is 4.01. The van der Waals surface area contributed by atoms with Crippen molar-refractivity contribution in [3.8, 4) is 0 Å². The van der Waals surface area contributed by atoms with Gasteiger partial charge < -0.3 is 5.32 Å². The lowest BCUT2D eigenvalue weighted by atomic mass is 10.0. The van der Waals surface area contributed by atoms with E-state index in [1.54, 1.807) is 0 Å². The highest BCUT2D eigenvalue weighted by Crippen LogP contribution is 2.25. The van der Waals surface area contributed by atoms with Gasteiger partial charge in [0, 0.05) is 0 Å². The van der Waals surface area contributed by atoms with Gasteiger partial charge in [0.15, 0.2) is 5.13 Å². The Morgan fingerprint density at radius 3 is 2.64 bits per heavy atom. The summed E-state index contributed by atoms with van der Waals surface area (Å²) in [7, 11) is 0. The number of hydrogen-bond donors (Lipinski definition) is 2. The number of aryl methyl sites for hydroxylation is 1. The van der Waals surface area contributed by atoms with E-state index in [9.17, 15) is 4.79 Å². The molecule has 2 amide bonds. The molecule has 0 saturated heterocycles. The van der Waals surface area contributed by atoms with Crippen molar-refractivity contribution in [2.75, 3.05) is 5.32 Å². The highest BCUT2D eigenvalue weighted by atomic mass is 32.1. The lowest BCUT2D eigenvalue weighted by Gasteiger charge is -2.16. The Labute approximate surface area is 133 Å². The molecule has 3 aromatic rings. The molecule has 22 heavy (non-hydrogen) atoms. The van der Waals surface area contributed by atoms with Gasteiger partial charge in [0.1, 0.15) is 0 Å². The fourth-order valence-electron chi connectivity index (χ4n) is 2.41. The highest BCUT2D eigenvalue weighted by molar-refractivity contribution is 7.22. The molecule has 0 aliphatic rings. The maximum atomic E-state index is 12.1. The van der Waals surface area contributed by atoms with E-state index in [0.717, 1.165) is 21.3 Å². The first-order chi connectivity index (χ1) is 10.6. The zero-order valence-corrected chi connectivity index (χ0v) is 13.3. The molecule has 4 nitrogen and oxygen atoms in total. The molecule has 0 fully saturated rings. The zero-order valence-electron chi connectivity index (χ0n) is 12.5. The van der Waals surface area contributed by atoms with Crippen LogP contribution >= 0.6 is 11.3 Å². The highest BCUT2D eigenvalue weighted by Gasteiger charge is 2.12. The fourth-order valence-corrected chi connectivity index (χ4v) is 3.27. The standard InChI is InChI=1S/C17H17N3OS/c1-11-7-3-4-8-13(11)12(2)18-16(21)20-17-19-14-9-5-6-10-15(14)22-17/h3-10,12H,1-2H3,(H2,18,19,20,21). The Morgan fingerprint density at radius 2 is 1.86 bits per heavy atom. The van der Waals surface area contributed by atoms with E-state index in [4.69, 9.17) is 0 Å². The number of thiazole rings is 1. The maximum absolute atomic E-state index is 12.1. The number of benzene rings is 2. The molecule has 0 bridgehead atoms. The van der Waals surface area contributed by atoms with E-state index >= 15 is 0 Å². The summed E-state index contributed by atoms with van der Waals surface area (Å²) in [6, 6.07) is 15.6. The Balaban J connectivity index is 1.68. The number of nitrogens with one attached hydrogen (secondary N) is 2. The van der Waals surface area contributed by atoms with Crippen LogP contribution in [0.3, 0.4) is 0 Å². The number of urea groups is 1. The van der Waals surface area contributed by atoms with Gasteiger partial charge >= 0.3 is 6.03 Å². The topological polar surface area (TPSA) is 54.0 Å². The van der Waals surface area contributed by atoms with Gasteiger partial charge in [-0.05, 0) is 37.1 Å². The summed E-state index contributed by atoms with van der Waals surface area (Å²) in [5, 5.41) is 6.36. The van der Waals surface area contributed by atoms with Crippen molar-refractivity contribution in [3.63, 3.8) is 0 Å². The first kappa shape index (κ1) is 14.5. The van der Waals surface area contributed by atoms with Crippen molar-refractivity contribution in [2.45, 2.75) is 19.9 Å². The lowest BCUT2D eigenvalue weighted by Crippen LogP contribution is -2.31. The molecule has 1 heterocycles. The van der Waals surface area contributed by atoms with Gasteiger partial charge in [0.25, 0.3) is 0 Å². The van der Waals surface area contributed by atoms with Crippen LogP contribution in [0.15, 0.2) is 48.5 Å². The summed E-state index contributed by atoms with van der Waals surface area (Å²) >= 11 is 1.47. The van der Waals surface area contributed by atoms with E-state index in [1.807, 2.05) is 62.4 Å². The summed E-state index contributed by atoms with van der Waals surface area (Å²) in [5.41, 5.74) is 3.17. The van der Waals surface area contributed by atoms with Gasteiger partial charge in [-0.15, -0.1) is 0 Å². The summed E-state index contributed by atoms with van der Waals surface area (Å²) in [5.74, 6) is 0. The van der Waals surface area contributed by atoms with E-state index in [0.29, 0.717) is 5.13 Å². The van der Waals surface area contributed by atoms with E-state index in [1.165, 1.54) is 11.3 Å². The van der Waals surface area contributed by atoms with Crippen molar-refractivity contribution >= 4 is 32.7 Å². The molecule has 2 N–H and O–H groups in total. The monoisotopic (exact) mass is 311 g/mol.